The van der Waals surface area contributed by atoms with Crippen LogP contribution < -0.4 is 10.5 Å². The molecule has 0 spiro atoms. The van der Waals surface area contributed by atoms with Crippen molar-refractivity contribution in [3.63, 3.8) is 0 Å². The van der Waals surface area contributed by atoms with E-state index >= 15 is 0 Å². The number of benzene rings is 1. The van der Waals surface area contributed by atoms with Crippen molar-refractivity contribution in [2.45, 2.75) is 6.10 Å². The lowest BCUT2D eigenvalue weighted by atomic mass is 10.0. The van der Waals surface area contributed by atoms with E-state index in [4.69, 9.17) is 4.74 Å². The summed E-state index contributed by atoms with van der Waals surface area (Å²) in [6, 6.07) is 7.58. The number of anilines is 1. The summed E-state index contributed by atoms with van der Waals surface area (Å²) in [5, 5.41) is 0. The summed E-state index contributed by atoms with van der Waals surface area (Å²) >= 11 is 0. The first kappa shape index (κ1) is 19.8. The van der Waals surface area contributed by atoms with E-state index in [1.54, 1.807) is 36.5 Å². The van der Waals surface area contributed by atoms with Crippen molar-refractivity contribution < 1.29 is 18.3 Å². The van der Waals surface area contributed by atoms with Crippen molar-refractivity contribution in [3.8, 4) is 11.3 Å². The molecule has 3 heterocycles. The third-order valence-corrected chi connectivity index (χ3v) is 4.88. The van der Waals surface area contributed by atoms with Crippen LogP contribution in [-0.4, -0.2) is 46.1 Å². The fraction of sp³-hybridized carbons (Fsp3) is 0.238. The van der Waals surface area contributed by atoms with Gasteiger partial charge >= 0.3 is 0 Å². The number of halogens is 2. The number of Topliss-reactive ketones (excluding diaryl/α,β-unsaturated/α-hetero) is 1. The summed E-state index contributed by atoms with van der Waals surface area (Å²) in [4.78, 5) is 35.5. The van der Waals surface area contributed by atoms with Crippen LogP contribution in [0, 0.1) is 11.6 Å². The maximum Gasteiger partial charge on any atom is 0.255 e. The number of aromatic nitrogens is 3. The molecule has 1 aliphatic rings. The predicted molar refractivity (Wildman–Crippen MR) is 105 cm³/mol. The molecular formula is C21H18F2N4O3. The molecule has 0 bridgehead atoms. The van der Waals surface area contributed by atoms with E-state index in [1.165, 1.54) is 10.6 Å². The summed E-state index contributed by atoms with van der Waals surface area (Å²) in [7, 11) is 1.59. The lowest BCUT2D eigenvalue weighted by molar-refractivity contribution is 0.0336. The van der Waals surface area contributed by atoms with Gasteiger partial charge in [-0.15, -0.1) is 0 Å². The number of rotatable bonds is 4. The van der Waals surface area contributed by atoms with E-state index in [-0.39, 0.29) is 24.3 Å². The molecule has 1 saturated heterocycles. The molecule has 1 atom stereocenters. The highest BCUT2D eigenvalue weighted by molar-refractivity contribution is 6.00. The number of carbonyl (C=O) groups is 1. The Kier molecular flexibility index (Phi) is 5.37. The topological polar surface area (TPSA) is 77.3 Å². The van der Waals surface area contributed by atoms with Crippen LogP contribution in [0.5, 0.6) is 0 Å². The Balaban J connectivity index is 1.64. The lowest BCUT2D eigenvalue weighted by Crippen LogP contribution is -2.48. The van der Waals surface area contributed by atoms with Gasteiger partial charge in [0.2, 0.25) is 5.95 Å². The van der Waals surface area contributed by atoms with Gasteiger partial charge in [-0.05, 0) is 24.3 Å². The first-order valence-electron chi connectivity index (χ1n) is 9.28. The number of carbonyl (C=O) groups excluding carboxylic acids is 1. The molecule has 9 heteroatoms. The first-order valence-corrected chi connectivity index (χ1v) is 9.28. The second kappa shape index (κ2) is 8.11. The molecule has 0 N–H and O–H groups in total. The van der Waals surface area contributed by atoms with Crippen LogP contribution in [0.3, 0.4) is 0 Å². The molecule has 0 amide bonds. The number of hydrogen-bond donors (Lipinski definition) is 0. The zero-order chi connectivity index (χ0) is 21.3. The van der Waals surface area contributed by atoms with Crippen LogP contribution in [0.2, 0.25) is 0 Å². The molecule has 1 unspecified atom stereocenters. The highest BCUT2D eigenvalue weighted by atomic mass is 19.1. The molecule has 154 valence electrons. The molecule has 1 aromatic carbocycles. The standard InChI is InChI=1S/C21H18F2N4O3/c1-26-19(28)11-17(13-2-4-24-5-3-13)25-21(26)27-6-7-30-18(12-27)20(29)14-8-15(22)10-16(23)9-14/h2-5,8-11,18H,6-7,12H2,1H3. The minimum absolute atomic E-state index is 0.0943. The highest BCUT2D eigenvalue weighted by Crippen LogP contribution is 2.21. The van der Waals surface area contributed by atoms with E-state index in [1.807, 2.05) is 0 Å². The lowest BCUT2D eigenvalue weighted by Gasteiger charge is -2.33. The number of nitrogens with zero attached hydrogens (tertiary/aromatic N) is 4. The fourth-order valence-corrected chi connectivity index (χ4v) is 3.35. The smallest absolute Gasteiger partial charge is 0.255 e. The van der Waals surface area contributed by atoms with Crippen LogP contribution in [-0.2, 0) is 11.8 Å². The van der Waals surface area contributed by atoms with E-state index in [2.05, 4.69) is 9.97 Å². The van der Waals surface area contributed by atoms with Crippen LogP contribution >= 0.6 is 0 Å². The Morgan fingerprint density at radius 2 is 1.83 bits per heavy atom. The largest absolute Gasteiger partial charge is 0.366 e. The number of ketones is 1. The molecule has 0 aliphatic carbocycles. The number of ether oxygens (including phenoxy) is 1. The monoisotopic (exact) mass is 412 g/mol. The van der Waals surface area contributed by atoms with Gasteiger partial charge < -0.3 is 9.64 Å². The third-order valence-electron chi connectivity index (χ3n) is 4.88. The fourth-order valence-electron chi connectivity index (χ4n) is 3.35. The summed E-state index contributed by atoms with van der Waals surface area (Å²) in [5.41, 5.74) is 0.859. The Morgan fingerprint density at radius 3 is 2.53 bits per heavy atom. The van der Waals surface area contributed by atoms with E-state index in [9.17, 15) is 18.4 Å². The van der Waals surface area contributed by atoms with Crippen LogP contribution in [0.25, 0.3) is 11.3 Å². The first-order chi connectivity index (χ1) is 14.4. The maximum atomic E-state index is 13.5. The molecule has 2 aromatic heterocycles. The minimum atomic E-state index is -0.943. The van der Waals surface area contributed by atoms with Crippen molar-refractivity contribution in [1.29, 1.82) is 0 Å². The molecule has 4 rings (SSSR count). The second-order valence-electron chi connectivity index (χ2n) is 6.90. The Labute approximate surface area is 170 Å². The van der Waals surface area contributed by atoms with Gasteiger partial charge in [0, 0.05) is 49.2 Å². The summed E-state index contributed by atoms with van der Waals surface area (Å²) in [6.07, 6.45) is 2.27. The second-order valence-corrected chi connectivity index (χ2v) is 6.90. The SMILES string of the molecule is Cn1c(N2CCOC(C(=O)c3cc(F)cc(F)c3)C2)nc(-c2ccncc2)cc1=O. The van der Waals surface area contributed by atoms with Gasteiger partial charge in [0.1, 0.15) is 17.7 Å². The number of hydrogen-bond acceptors (Lipinski definition) is 6. The molecule has 0 radical (unpaired) electrons. The van der Waals surface area contributed by atoms with Crippen molar-refractivity contribution >= 4 is 11.7 Å². The molecule has 0 saturated carbocycles. The van der Waals surface area contributed by atoms with Crippen molar-refractivity contribution in [2.24, 2.45) is 7.05 Å². The van der Waals surface area contributed by atoms with Crippen LogP contribution in [0.15, 0.2) is 53.6 Å². The van der Waals surface area contributed by atoms with E-state index < -0.39 is 23.5 Å². The average Bonchev–Trinajstić information content (AvgIpc) is 2.75. The molecule has 3 aromatic rings. The summed E-state index contributed by atoms with van der Waals surface area (Å²) in [6.45, 7) is 0.696. The summed E-state index contributed by atoms with van der Waals surface area (Å²) < 4.78 is 33.9. The minimum Gasteiger partial charge on any atom is -0.366 e. The van der Waals surface area contributed by atoms with Crippen molar-refractivity contribution in [3.05, 3.63) is 76.3 Å². The van der Waals surface area contributed by atoms with Crippen molar-refractivity contribution in [2.75, 3.05) is 24.6 Å². The van der Waals surface area contributed by atoms with Crippen molar-refractivity contribution in [1.82, 2.24) is 14.5 Å². The van der Waals surface area contributed by atoms with Gasteiger partial charge in [-0.25, -0.2) is 13.8 Å². The zero-order valence-electron chi connectivity index (χ0n) is 16.1. The van der Waals surface area contributed by atoms with Gasteiger partial charge in [-0.2, -0.15) is 0 Å². The highest BCUT2D eigenvalue weighted by Gasteiger charge is 2.30. The van der Waals surface area contributed by atoms with E-state index in [0.717, 1.165) is 17.7 Å². The molecule has 1 aliphatic heterocycles. The molecule has 7 nitrogen and oxygen atoms in total. The normalized spacial score (nSPS) is 16.5. The van der Waals surface area contributed by atoms with Gasteiger partial charge in [-0.1, -0.05) is 0 Å². The zero-order valence-corrected chi connectivity index (χ0v) is 16.1. The molecular weight excluding hydrogens is 394 g/mol. The summed E-state index contributed by atoms with van der Waals surface area (Å²) in [5.74, 6) is -1.82. The average molecular weight is 412 g/mol. The maximum absolute atomic E-state index is 13.5. The predicted octanol–water partition coefficient (Wildman–Crippen LogP) is 2.21. The third kappa shape index (κ3) is 3.97. The van der Waals surface area contributed by atoms with Gasteiger partial charge in [0.05, 0.1) is 18.8 Å². The molecule has 30 heavy (non-hydrogen) atoms. The Bertz CT molecular complexity index is 1130. The quantitative estimate of drug-likeness (QED) is 0.612. The van der Waals surface area contributed by atoms with Crippen LogP contribution in [0.4, 0.5) is 14.7 Å². The van der Waals surface area contributed by atoms with Gasteiger partial charge in [0.15, 0.2) is 5.78 Å². The van der Waals surface area contributed by atoms with Crippen LogP contribution in [0.1, 0.15) is 10.4 Å². The van der Waals surface area contributed by atoms with Gasteiger partial charge in [0.25, 0.3) is 5.56 Å². The number of morpholine rings is 1. The Hall–Kier alpha value is -3.46. The van der Waals surface area contributed by atoms with Gasteiger partial charge in [-0.3, -0.25) is 19.1 Å². The molecule has 1 fully saturated rings. The van der Waals surface area contributed by atoms with E-state index in [0.29, 0.717) is 24.3 Å². The Morgan fingerprint density at radius 1 is 1.13 bits per heavy atom. The number of pyridine rings is 1.